The number of aromatic nitrogens is 2. The SMILES string of the molecule is Cc1c(O)[nH]c(=S)n1CC=Cc1ccc(Cc2ccccc2)cc1. The number of nitrogens with one attached hydrogen (secondary N) is 1. The largest absolute Gasteiger partial charge is 0.493 e. The number of aromatic amines is 1. The van der Waals surface area contributed by atoms with Gasteiger partial charge in [-0.15, -0.1) is 0 Å². The molecule has 2 N–H and O–H groups in total. The number of aromatic hydroxyl groups is 1. The Morgan fingerprint density at radius 2 is 1.71 bits per heavy atom. The highest BCUT2D eigenvalue weighted by Gasteiger charge is 2.04. The molecule has 0 bridgehead atoms. The van der Waals surface area contributed by atoms with Crippen molar-refractivity contribution >= 4 is 18.3 Å². The normalized spacial score (nSPS) is 11.2. The Hall–Kier alpha value is -2.59. The first-order chi connectivity index (χ1) is 11.6. The van der Waals surface area contributed by atoms with Gasteiger partial charge in [0.2, 0.25) is 5.88 Å². The number of hydrogen-bond acceptors (Lipinski definition) is 2. The van der Waals surface area contributed by atoms with E-state index in [0.717, 1.165) is 17.7 Å². The van der Waals surface area contributed by atoms with Crippen LogP contribution in [0.25, 0.3) is 6.08 Å². The Kier molecular flexibility index (Phi) is 4.96. The fourth-order valence-corrected chi connectivity index (χ4v) is 2.94. The number of benzene rings is 2. The summed E-state index contributed by atoms with van der Waals surface area (Å²) in [5.74, 6) is 0.138. The van der Waals surface area contributed by atoms with E-state index >= 15 is 0 Å². The first kappa shape index (κ1) is 16.3. The van der Waals surface area contributed by atoms with Crippen LogP contribution in [0.2, 0.25) is 0 Å². The average molecular weight is 336 g/mol. The van der Waals surface area contributed by atoms with Crippen LogP contribution in [0, 0.1) is 11.7 Å². The van der Waals surface area contributed by atoms with Gasteiger partial charge in [-0.2, -0.15) is 0 Å². The minimum absolute atomic E-state index is 0.138. The first-order valence-corrected chi connectivity index (χ1v) is 8.32. The van der Waals surface area contributed by atoms with Crippen molar-refractivity contribution in [2.75, 3.05) is 0 Å². The first-order valence-electron chi connectivity index (χ1n) is 7.91. The Balaban J connectivity index is 1.64. The molecule has 2 aromatic carbocycles. The fourth-order valence-electron chi connectivity index (χ4n) is 2.63. The number of imidazole rings is 1. The molecule has 3 aromatic rings. The van der Waals surface area contributed by atoms with Crippen LogP contribution in [-0.2, 0) is 13.0 Å². The van der Waals surface area contributed by atoms with Gasteiger partial charge in [0.05, 0.1) is 5.69 Å². The van der Waals surface area contributed by atoms with Gasteiger partial charge in [0, 0.05) is 6.54 Å². The van der Waals surface area contributed by atoms with Gasteiger partial charge in [0.25, 0.3) is 0 Å². The Bertz CT molecular complexity index is 890. The molecule has 122 valence electrons. The highest BCUT2D eigenvalue weighted by molar-refractivity contribution is 7.71. The highest BCUT2D eigenvalue weighted by atomic mass is 32.1. The molecule has 0 fully saturated rings. The Labute approximate surface area is 146 Å². The maximum atomic E-state index is 9.62. The third kappa shape index (κ3) is 3.84. The van der Waals surface area contributed by atoms with E-state index in [2.05, 4.69) is 59.6 Å². The average Bonchev–Trinajstić information content (AvgIpc) is 2.83. The molecule has 1 aromatic heterocycles. The second-order valence-electron chi connectivity index (χ2n) is 5.78. The monoisotopic (exact) mass is 336 g/mol. The lowest BCUT2D eigenvalue weighted by molar-refractivity contribution is 0.450. The molecule has 3 nitrogen and oxygen atoms in total. The van der Waals surface area contributed by atoms with Crippen molar-refractivity contribution in [3.8, 4) is 5.88 Å². The van der Waals surface area contributed by atoms with Crippen LogP contribution in [-0.4, -0.2) is 14.7 Å². The van der Waals surface area contributed by atoms with E-state index in [9.17, 15) is 5.11 Å². The van der Waals surface area contributed by atoms with Gasteiger partial charge in [0.15, 0.2) is 4.77 Å². The topological polar surface area (TPSA) is 40.9 Å². The summed E-state index contributed by atoms with van der Waals surface area (Å²) in [7, 11) is 0. The molecule has 0 spiro atoms. The summed E-state index contributed by atoms with van der Waals surface area (Å²) in [6.45, 7) is 2.47. The lowest BCUT2D eigenvalue weighted by Gasteiger charge is -2.03. The zero-order valence-corrected chi connectivity index (χ0v) is 14.4. The molecule has 24 heavy (non-hydrogen) atoms. The third-order valence-corrected chi connectivity index (χ3v) is 4.37. The molecule has 0 aliphatic carbocycles. The van der Waals surface area contributed by atoms with Gasteiger partial charge in [-0.1, -0.05) is 66.7 Å². The molecule has 4 heteroatoms. The van der Waals surface area contributed by atoms with E-state index in [-0.39, 0.29) is 5.88 Å². The van der Waals surface area contributed by atoms with E-state index in [0.29, 0.717) is 11.3 Å². The van der Waals surface area contributed by atoms with Crippen LogP contribution in [0.15, 0.2) is 60.7 Å². The van der Waals surface area contributed by atoms with E-state index in [1.807, 2.05) is 23.6 Å². The summed E-state index contributed by atoms with van der Waals surface area (Å²) in [4.78, 5) is 2.75. The summed E-state index contributed by atoms with van der Waals surface area (Å²) >= 11 is 5.18. The zero-order valence-electron chi connectivity index (χ0n) is 13.6. The Morgan fingerprint density at radius 3 is 2.33 bits per heavy atom. The molecular weight excluding hydrogens is 316 g/mol. The van der Waals surface area contributed by atoms with Gasteiger partial charge in [-0.05, 0) is 42.3 Å². The van der Waals surface area contributed by atoms with Crippen LogP contribution < -0.4 is 0 Å². The minimum atomic E-state index is 0.138. The minimum Gasteiger partial charge on any atom is -0.493 e. The molecule has 0 atom stereocenters. The Morgan fingerprint density at radius 1 is 1.04 bits per heavy atom. The lowest BCUT2D eigenvalue weighted by atomic mass is 10.0. The quantitative estimate of drug-likeness (QED) is 0.653. The summed E-state index contributed by atoms with van der Waals surface area (Å²) in [6.07, 6.45) is 5.06. The van der Waals surface area contributed by atoms with Crippen LogP contribution in [0.4, 0.5) is 0 Å². The molecule has 0 radical (unpaired) electrons. The number of allylic oxidation sites excluding steroid dienone is 1. The predicted molar refractivity (Wildman–Crippen MR) is 101 cm³/mol. The second kappa shape index (κ2) is 7.32. The predicted octanol–water partition coefficient (Wildman–Crippen LogP) is 4.86. The molecule has 1 heterocycles. The summed E-state index contributed by atoms with van der Waals surface area (Å²) in [5.41, 5.74) is 4.52. The van der Waals surface area contributed by atoms with E-state index in [1.165, 1.54) is 11.1 Å². The van der Waals surface area contributed by atoms with Crippen molar-refractivity contribution in [3.05, 3.63) is 87.8 Å². The lowest BCUT2D eigenvalue weighted by Crippen LogP contribution is -1.97. The number of nitrogens with zero attached hydrogens (tertiary/aromatic N) is 1. The van der Waals surface area contributed by atoms with Crippen LogP contribution in [0.3, 0.4) is 0 Å². The van der Waals surface area contributed by atoms with Crippen molar-refractivity contribution in [1.82, 2.24) is 9.55 Å². The van der Waals surface area contributed by atoms with Gasteiger partial charge in [0.1, 0.15) is 0 Å². The molecular formula is C20H20N2OS. The fraction of sp³-hybridized carbons (Fsp3) is 0.150. The van der Waals surface area contributed by atoms with Crippen molar-refractivity contribution in [1.29, 1.82) is 0 Å². The molecule has 0 saturated heterocycles. The van der Waals surface area contributed by atoms with Gasteiger partial charge in [-0.3, -0.25) is 0 Å². The summed E-state index contributed by atoms with van der Waals surface area (Å²) < 4.78 is 2.40. The van der Waals surface area contributed by atoms with E-state index in [1.54, 1.807) is 0 Å². The number of rotatable bonds is 5. The third-order valence-electron chi connectivity index (χ3n) is 4.05. The molecule has 0 saturated carbocycles. The second-order valence-corrected chi connectivity index (χ2v) is 6.17. The number of H-pyrrole nitrogens is 1. The maximum absolute atomic E-state index is 9.62. The molecule has 0 amide bonds. The van der Waals surface area contributed by atoms with E-state index in [4.69, 9.17) is 12.2 Å². The zero-order chi connectivity index (χ0) is 16.9. The molecule has 3 rings (SSSR count). The van der Waals surface area contributed by atoms with E-state index < -0.39 is 0 Å². The summed E-state index contributed by atoms with van der Waals surface area (Å²) in [6, 6.07) is 19.0. The summed E-state index contributed by atoms with van der Waals surface area (Å²) in [5, 5.41) is 9.62. The van der Waals surface area contributed by atoms with Crippen molar-refractivity contribution in [2.24, 2.45) is 0 Å². The smallest absolute Gasteiger partial charge is 0.210 e. The standard InChI is InChI=1S/C20H20N2OS/c1-15-19(23)21-20(24)22(15)13-5-8-16-9-11-18(12-10-16)14-17-6-3-2-4-7-17/h2-12,23H,13-14H2,1H3,(H,21,24). The highest BCUT2D eigenvalue weighted by Crippen LogP contribution is 2.15. The van der Waals surface area contributed by atoms with Crippen molar-refractivity contribution in [3.63, 3.8) is 0 Å². The van der Waals surface area contributed by atoms with Crippen LogP contribution in [0.5, 0.6) is 5.88 Å². The maximum Gasteiger partial charge on any atom is 0.210 e. The molecule has 0 aliphatic heterocycles. The molecule has 0 aliphatic rings. The van der Waals surface area contributed by atoms with Gasteiger partial charge in [-0.25, -0.2) is 0 Å². The molecule has 0 unspecified atom stereocenters. The van der Waals surface area contributed by atoms with Crippen molar-refractivity contribution < 1.29 is 5.11 Å². The van der Waals surface area contributed by atoms with Gasteiger partial charge < -0.3 is 14.7 Å². The number of hydrogen-bond donors (Lipinski definition) is 2. The van der Waals surface area contributed by atoms with Crippen molar-refractivity contribution in [2.45, 2.75) is 19.9 Å². The van der Waals surface area contributed by atoms with Crippen LogP contribution >= 0.6 is 12.2 Å². The van der Waals surface area contributed by atoms with Crippen LogP contribution in [0.1, 0.15) is 22.4 Å². The van der Waals surface area contributed by atoms with Gasteiger partial charge >= 0.3 is 0 Å².